The van der Waals surface area contributed by atoms with Crippen LogP contribution < -0.4 is 10.1 Å². The van der Waals surface area contributed by atoms with Crippen molar-refractivity contribution in [3.8, 4) is 5.75 Å². The molecule has 5 nitrogen and oxygen atoms in total. The molecule has 26 heavy (non-hydrogen) atoms. The van der Waals surface area contributed by atoms with Gasteiger partial charge in [0.25, 0.3) is 11.9 Å². The third-order valence-electron chi connectivity index (χ3n) is 3.72. The standard InChI is InChI=1S/C21H26N2O3/c1-15(2)14-26-21(22-16(3)17-8-6-5-7-9-17)23-20(24)18-10-12-19(25-4)13-11-18/h5-13,15-16H,14H2,1-4H3,(H,22,23,24)/t16-/m1/s1. The van der Waals surface area contributed by atoms with Crippen LogP contribution in [0, 0.1) is 5.92 Å². The minimum Gasteiger partial charge on any atom is -0.497 e. The van der Waals surface area contributed by atoms with Crippen LogP contribution in [-0.2, 0) is 4.74 Å². The Morgan fingerprint density at radius 2 is 1.69 bits per heavy atom. The number of nitrogens with one attached hydrogen (secondary N) is 1. The highest BCUT2D eigenvalue weighted by molar-refractivity contribution is 6.04. The van der Waals surface area contributed by atoms with Crippen molar-refractivity contribution in [1.29, 1.82) is 0 Å². The number of methoxy groups -OCH3 is 1. The van der Waals surface area contributed by atoms with E-state index in [2.05, 4.69) is 10.3 Å². The summed E-state index contributed by atoms with van der Waals surface area (Å²) >= 11 is 0. The van der Waals surface area contributed by atoms with Crippen molar-refractivity contribution in [2.75, 3.05) is 13.7 Å². The van der Waals surface area contributed by atoms with E-state index in [0.717, 1.165) is 5.56 Å². The van der Waals surface area contributed by atoms with Gasteiger partial charge in [-0.15, -0.1) is 0 Å². The summed E-state index contributed by atoms with van der Waals surface area (Å²) in [6.07, 6.45) is 0. The Hall–Kier alpha value is -2.82. The molecule has 2 rings (SSSR count). The fourth-order valence-electron chi connectivity index (χ4n) is 2.24. The minimum absolute atomic E-state index is 0.130. The monoisotopic (exact) mass is 354 g/mol. The highest BCUT2D eigenvalue weighted by atomic mass is 16.5. The van der Waals surface area contributed by atoms with Crippen LogP contribution in [0.5, 0.6) is 5.75 Å². The van der Waals surface area contributed by atoms with Crippen molar-refractivity contribution in [3.63, 3.8) is 0 Å². The van der Waals surface area contributed by atoms with Crippen molar-refractivity contribution in [2.45, 2.75) is 26.8 Å². The van der Waals surface area contributed by atoms with Gasteiger partial charge >= 0.3 is 0 Å². The molecule has 0 saturated carbocycles. The predicted octanol–water partition coefficient (Wildman–Crippen LogP) is 4.21. The molecule has 0 aliphatic heterocycles. The molecule has 1 amide bonds. The van der Waals surface area contributed by atoms with Crippen molar-refractivity contribution in [2.24, 2.45) is 10.9 Å². The van der Waals surface area contributed by atoms with Crippen LogP contribution in [0.25, 0.3) is 0 Å². The van der Waals surface area contributed by atoms with E-state index in [1.807, 2.05) is 51.1 Å². The maximum atomic E-state index is 12.5. The Morgan fingerprint density at radius 3 is 2.27 bits per heavy atom. The van der Waals surface area contributed by atoms with E-state index in [-0.39, 0.29) is 18.0 Å². The van der Waals surface area contributed by atoms with Gasteiger partial charge in [-0.05, 0) is 42.7 Å². The summed E-state index contributed by atoms with van der Waals surface area (Å²) in [6, 6.07) is 16.9. The lowest BCUT2D eigenvalue weighted by Crippen LogP contribution is -2.33. The van der Waals surface area contributed by atoms with Crippen LogP contribution in [0.3, 0.4) is 0 Å². The first-order valence-corrected chi connectivity index (χ1v) is 8.70. The second-order valence-corrected chi connectivity index (χ2v) is 6.41. The van der Waals surface area contributed by atoms with Gasteiger partial charge < -0.3 is 9.47 Å². The molecule has 0 bridgehead atoms. The van der Waals surface area contributed by atoms with E-state index in [4.69, 9.17) is 9.47 Å². The zero-order valence-corrected chi connectivity index (χ0v) is 15.7. The normalized spacial score (nSPS) is 12.6. The van der Waals surface area contributed by atoms with Crippen LogP contribution in [-0.4, -0.2) is 25.6 Å². The quantitative estimate of drug-likeness (QED) is 0.624. The van der Waals surface area contributed by atoms with Crippen LogP contribution in [0.1, 0.15) is 42.7 Å². The number of carbonyl (C=O) groups is 1. The lowest BCUT2D eigenvalue weighted by atomic mass is 10.1. The largest absolute Gasteiger partial charge is 0.497 e. The molecule has 0 heterocycles. The Bertz CT molecular complexity index is 725. The highest BCUT2D eigenvalue weighted by Crippen LogP contribution is 2.16. The molecule has 5 heteroatoms. The second kappa shape index (κ2) is 9.61. The Labute approximate surface area is 155 Å². The molecule has 1 atom stereocenters. The van der Waals surface area contributed by atoms with Crippen LogP contribution in [0.15, 0.2) is 59.6 Å². The van der Waals surface area contributed by atoms with E-state index >= 15 is 0 Å². The third kappa shape index (κ3) is 5.92. The number of amidine groups is 1. The van der Waals surface area contributed by atoms with E-state index in [9.17, 15) is 4.79 Å². The maximum absolute atomic E-state index is 12.5. The molecule has 0 radical (unpaired) electrons. The molecule has 0 aromatic heterocycles. The molecule has 0 spiro atoms. The van der Waals surface area contributed by atoms with Crippen molar-refractivity contribution in [3.05, 3.63) is 65.7 Å². The smallest absolute Gasteiger partial charge is 0.292 e. The van der Waals surface area contributed by atoms with Crippen molar-refractivity contribution < 1.29 is 14.3 Å². The average Bonchev–Trinajstić information content (AvgIpc) is 2.66. The molecule has 2 aromatic carbocycles. The van der Waals surface area contributed by atoms with Crippen LogP contribution in [0.4, 0.5) is 0 Å². The number of aliphatic imine (C=N–C) groups is 1. The number of rotatable bonds is 6. The first kappa shape index (κ1) is 19.5. The van der Waals surface area contributed by atoms with Gasteiger partial charge in [0.1, 0.15) is 5.75 Å². The topological polar surface area (TPSA) is 59.9 Å². The molecule has 0 fully saturated rings. The van der Waals surface area contributed by atoms with E-state index in [0.29, 0.717) is 23.8 Å². The molecule has 0 saturated heterocycles. The van der Waals surface area contributed by atoms with Gasteiger partial charge in [0, 0.05) is 5.56 Å². The summed E-state index contributed by atoms with van der Waals surface area (Å²) in [5.74, 6) is 0.754. The molecule has 1 N–H and O–H groups in total. The van der Waals surface area contributed by atoms with Crippen LogP contribution in [0.2, 0.25) is 0 Å². The molecular formula is C21H26N2O3. The first-order chi connectivity index (χ1) is 12.5. The summed E-state index contributed by atoms with van der Waals surface area (Å²) in [5, 5.41) is 2.77. The maximum Gasteiger partial charge on any atom is 0.292 e. The summed E-state index contributed by atoms with van der Waals surface area (Å²) < 4.78 is 10.8. The lowest BCUT2D eigenvalue weighted by molar-refractivity contribution is 0.0963. The number of amides is 1. The SMILES string of the molecule is COc1ccc(C(=O)NC(=N[C@H](C)c2ccccc2)OCC(C)C)cc1. The number of nitrogens with zero attached hydrogens (tertiary/aromatic N) is 1. The van der Waals surface area contributed by atoms with Crippen molar-refractivity contribution in [1.82, 2.24) is 5.32 Å². The number of ether oxygens (including phenoxy) is 2. The van der Waals surface area contributed by atoms with E-state index in [1.54, 1.807) is 31.4 Å². The third-order valence-corrected chi connectivity index (χ3v) is 3.72. The van der Waals surface area contributed by atoms with Gasteiger partial charge in [-0.1, -0.05) is 44.2 Å². The zero-order chi connectivity index (χ0) is 18.9. The highest BCUT2D eigenvalue weighted by Gasteiger charge is 2.13. The fraction of sp³-hybridized carbons (Fsp3) is 0.333. The minimum atomic E-state index is -0.268. The summed E-state index contributed by atoms with van der Waals surface area (Å²) in [7, 11) is 1.59. The number of carbonyl (C=O) groups excluding carboxylic acids is 1. The van der Waals surface area contributed by atoms with Crippen LogP contribution >= 0.6 is 0 Å². The van der Waals surface area contributed by atoms with E-state index < -0.39 is 0 Å². The summed E-state index contributed by atoms with van der Waals surface area (Å²) in [5.41, 5.74) is 1.57. The fourth-order valence-corrected chi connectivity index (χ4v) is 2.24. The summed E-state index contributed by atoms with van der Waals surface area (Å²) in [6.45, 7) is 6.53. The van der Waals surface area contributed by atoms with Gasteiger partial charge in [0.2, 0.25) is 0 Å². The summed E-state index contributed by atoms with van der Waals surface area (Å²) in [4.78, 5) is 17.1. The lowest BCUT2D eigenvalue weighted by Gasteiger charge is -2.15. The van der Waals surface area contributed by atoms with Gasteiger partial charge in [0.15, 0.2) is 0 Å². The Morgan fingerprint density at radius 1 is 1.04 bits per heavy atom. The van der Waals surface area contributed by atoms with Gasteiger partial charge in [-0.2, -0.15) is 0 Å². The number of hydrogen-bond donors (Lipinski definition) is 1. The Kier molecular flexibility index (Phi) is 7.21. The predicted molar refractivity (Wildman–Crippen MR) is 104 cm³/mol. The first-order valence-electron chi connectivity index (χ1n) is 8.70. The molecular weight excluding hydrogens is 328 g/mol. The number of hydrogen-bond acceptors (Lipinski definition) is 4. The van der Waals surface area contributed by atoms with Gasteiger partial charge in [-0.3, -0.25) is 10.1 Å². The average molecular weight is 354 g/mol. The van der Waals surface area contributed by atoms with Gasteiger partial charge in [0.05, 0.1) is 19.8 Å². The van der Waals surface area contributed by atoms with Gasteiger partial charge in [-0.25, -0.2) is 4.99 Å². The zero-order valence-electron chi connectivity index (χ0n) is 15.7. The number of benzene rings is 2. The molecule has 0 aliphatic carbocycles. The Balaban J connectivity index is 2.14. The van der Waals surface area contributed by atoms with E-state index in [1.165, 1.54) is 0 Å². The molecule has 2 aromatic rings. The van der Waals surface area contributed by atoms with Crippen molar-refractivity contribution >= 4 is 11.9 Å². The molecule has 0 unspecified atom stereocenters. The second-order valence-electron chi connectivity index (χ2n) is 6.41. The molecule has 0 aliphatic rings. The molecule has 138 valence electrons.